The van der Waals surface area contributed by atoms with Crippen molar-refractivity contribution >= 4 is 22.4 Å². The number of hydrogen-bond donors (Lipinski definition) is 2. The van der Waals surface area contributed by atoms with Gasteiger partial charge in [-0.3, -0.25) is 4.79 Å². The van der Waals surface area contributed by atoms with E-state index in [0.717, 1.165) is 10.7 Å². The van der Waals surface area contributed by atoms with Crippen LogP contribution in [0.1, 0.15) is 11.3 Å². The van der Waals surface area contributed by atoms with Gasteiger partial charge in [-0.2, -0.15) is 0 Å². The Kier molecular flexibility index (Phi) is 3.21. The number of anilines is 1. The Labute approximate surface area is 95.7 Å². The minimum Gasteiger partial charge on any atom is -0.481 e. The lowest BCUT2D eigenvalue weighted by Gasteiger charge is -1.98. The Bertz CT molecular complexity index is 464. The molecule has 2 N–H and O–H groups in total. The number of carbonyl (C=O) groups is 1. The summed E-state index contributed by atoms with van der Waals surface area (Å²) < 4.78 is 4.93. The molecule has 0 bridgehead atoms. The van der Waals surface area contributed by atoms with Gasteiger partial charge in [-0.05, 0) is 6.07 Å². The van der Waals surface area contributed by atoms with Crippen molar-refractivity contribution in [2.45, 2.75) is 13.0 Å². The lowest BCUT2D eigenvalue weighted by Crippen LogP contribution is -2.01. The Morgan fingerprint density at radius 2 is 2.50 bits per heavy atom. The van der Waals surface area contributed by atoms with Crippen molar-refractivity contribution in [1.29, 1.82) is 0 Å². The summed E-state index contributed by atoms with van der Waals surface area (Å²) in [5.74, 6) is -0.869. The summed E-state index contributed by atoms with van der Waals surface area (Å²) in [6.45, 7) is 0.622. The maximum Gasteiger partial charge on any atom is 0.309 e. The molecule has 0 fully saturated rings. The summed E-state index contributed by atoms with van der Waals surface area (Å²) >= 11 is 1.40. The molecule has 2 heterocycles. The quantitative estimate of drug-likeness (QED) is 0.833. The Balaban J connectivity index is 1.90. The van der Waals surface area contributed by atoms with E-state index >= 15 is 0 Å². The van der Waals surface area contributed by atoms with E-state index in [-0.39, 0.29) is 6.42 Å². The van der Waals surface area contributed by atoms with E-state index in [1.165, 1.54) is 11.3 Å². The zero-order valence-electron chi connectivity index (χ0n) is 8.34. The molecule has 0 amide bonds. The van der Waals surface area contributed by atoms with E-state index in [1.54, 1.807) is 17.9 Å². The molecule has 0 aromatic carbocycles. The molecule has 0 aliphatic rings. The zero-order valence-corrected chi connectivity index (χ0v) is 9.16. The molecule has 0 spiro atoms. The maximum atomic E-state index is 10.5. The number of nitrogens with one attached hydrogen (secondary N) is 1. The highest BCUT2D eigenvalue weighted by Crippen LogP contribution is 2.16. The smallest absolute Gasteiger partial charge is 0.309 e. The third-order valence-electron chi connectivity index (χ3n) is 1.91. The van der Waals surface area contributed by atoms with Gasteiger partial charge in [-0.15, -0.1) is 11.3 Å². The van der Waals surface area contributed by atoms with Crippen molar-refractivity contribution in [2.24, 2.45) is 0 Å². The van der Waals surface area contributed by atoms with Gasteiger partial charge < -0.3 is 14.8 Å². The highest BCUT2D eigenvalue weighted by molar-refractivity contribution is 7.13. The highest BCUT2D eigenvalue weighted by Gasteiger charge is 2.05. The minimum atomic E-state index is -0.869. The van der Waals surface area contributed by atoms with Gasteiger partial charge in [0.05, 0.1) is 24.6 Å². The van der Waals surface area contributed by atoms with Crippen molar-refractivity contribution in [3.63, 3.8) is 0 Å². The van der Waals surface area contributed by atoms with Crippen LogP contribution in [0, 0.1) is 0 Å². The van der Waals surface area contributed by atoms with Crippen LogP contribution in [0.15, 0.2) is 28.4 Å². The maximum absolute atomic E-state index is 10.5. The molecule has 2 aromatic rings. The Hall–Kier alpha value is -1.82. The van der Waals surface area contributed by atoms with Crippen LogP contribution >= 0.6 is 11.3 Å². The monoisotopic (exact) mass is 238 g/mol. The molecular formula is C10H10N2O3S. The molecule has 0 aliphatic carbocycles. The molecule has 5 nitrogen and oxygen atoms in total. The van der Waals surface area contributed by atoms with Gasteiger partial charge in [0.15, 0.2) is 5.13 Å². The second-order valence-electron chi connectivity index (χ2n) is 3.20. The second kappa shape index (κ2) is 4.80. The summed E-state index contributed by atoms with van der Waals surface area (Å²) in [6, 6.07) is 1.86. The van der Waals surface area contributed by atoms with Crippen molar-refractivity contribution in [3.8, 4) is 0 Å². The van der Waals surface area contributed by atoms with E-state index < -0.39 is 5.97 Å². The molecule has 6 heteroatoms. The van der Waals surface area contributed by atoms with Crippen LogP contribution in [0.3, 0.4) is 0 Å². The van der Waals surface area contributed by atoms with Crippen LogP contribution < -0.4 is 5.32 Å². The van der Waals surface area contributed by atoms with Crippen molar-refractivity contribution in [1.82, 2.24) is 4.98 Å². The number of nitrogens with zero attached hydrogens (tertiary/aromatic N) is 1. The number of aromatic nitrogens is 1. The molecule has 0 saturated heterocycles. The number of furan rings is 1. The summed E-state index contributed by atoms with van der Waals surface area (Å²) in [5.41, 5.74) is 1.60. The van der Waals surface area contributed by atoms with Gasteiger partial charge >= 0.3 is 5.97 Å². The number of carboxylic acid groups (broad SMARTS) is 1. The van der Waals surface area contributed by atoms with Gasteiger partial charge in [0.2, 0.25) is 0 Å². The van der Waals surface area contributed by atoms with Crippen molar-refractivity contribution in [3.05, 3.63) is 35.2 Å². The Morgan fingerprint density at radius 1 is 1.62 bits per heavy atom. The molecule has 0 saturated carbocycles. The summed E-state index contributed by atoms with van der Waals surface area (Å²) in [4.78, 5) is 14.6. The largest absolute Gasteiger partial charge is 0.481 e. The third-order valence-corrected chi connectivity index (χ3v) is 2.76. The van der Waals surface area contributed by atoms with Gasteiger partial charge in [-0.25, -0.2) is 4.98 Å². The number of thiazole rings is 1. The Morgan fingerprint density at radius 3 is 3.19 bits per heavy atom. The summed E-state index contributed by atoms with van der Waals surface area (Å²) in [5, 5.41) is 14.1. The highest BCUT2D eigenvalue weighted by atomic mass is 32.1. The van der Waals surface area contributed by atoms with Crippen LogP contribution in [-0.2, 0) is 17.8 Å². The predicted molar refractivity (Wildman–Crippen MR) is 59.5 cm³/mol. The number of hydrogen-bond acceptors (Lipinski definition) is 5. The average Bonchev–Trinajstić information content (AvgIpc) is 2.84. The molecule has 16 heavy (non-hydrogen) atoms. The first-order valence-electron chi connectivity index (χ1n) is 4.65. The lowest BCUT2D eigenvalue weighted by atomic mass is 10.3. The van der Waals surface area contributed by atoms with Crippen LogP contribution in [0.2, 0.25) is 0 Å². The first kappa shape index (κ1) is 10.7. The van der Waals surface area contributed by atoms with Gasteiger partial charge in [-0.1, -0.05) is 0 Å². The fourth-order valence-electron chi connectivity index (χ4n) is 1.20. The molecule has 0 aliphatic heterocycles. The van der Waals surface area contributed by atoms with Crippen molar-refractivity contribution in [2.75, 3.05) is 5.32 Å². The fourth-order valence-corrected chi connectivity index (χ4v) is 1.90. The van der Waals surface area contributed by atoms with Crippen LogP contribution in [0.4, 0.5) is 5.13 Å². The van der Waals surface area contributed by atoms with Gasteiger partial charge in [0.25, 0.3) is 0 Å². The average molecular weight is 238 g/mol. The zero-order chi connectivity index (χ0) is 11.4. The molecule has 0 unspecified atom stereocenters. The first-order valence-corrected chi connectivity index (χ1v) is 5.53. The molecule has 2 aromatic heterocycles. The van der Waals surface area contributed by atoms with Gasteiger partial charge in [0, 0.05) is 17.5 Å². The number of aliphatic carboxylic acids is 1. The topological polar surface area (TPSA) is 75.4 Å². The number of carboxylic acids is 1. The van der Waals surface area contributed by atoms with Crippen molar-refractivity contribution < 1.29 is 14.3 Å². The normalized spacial score (nSPS) is 10.2. The lowest BCUT2D eigenvalue weighted by molar-refractivity contribution is -0.136. The summed E-state index contributed by atoms with van der Waals surface area (Å²) in [6.07, 6.45) is 3.22. The number of rotatable bonds is 5. The summed E-state index contributed by atoms with van der Waals surface area (Å²) in [7, 11) is 0. The molecular weight excluding hydrogens is 228 g/mol. The van der Waals surface area contributed by atoms with E-state index in [9.17, 15) is 4.79 Å². The van der Waals surface area contributed by atoms with Crippen LogP contribution in [-0.4, -0.2) is 16.1 Å². The molecule has 0 radical (unpaired) electrons. The SMILES string of the molecule is O=C(O)Cc1csc(NCc2ccoc2)n1. The van der Waals surface area contributed by atoms with Gasteiger partial charge in [0.1, 0.15) is 0 Å². The second-order valence-corrected chi connectivity index (χ2v) is 4.06. The van der Waals surface area contributed by atoms with E-state index in [1.807, 2.05) is 6.07 Å². The fraction of sp³-hybridized carbons (Fsp3) is 0.200. The minimum absolute atomic E-state index is 0.0378. The van der Waals surface area contributed by atoms with E-state index in [4.69, 9.17) is 9.52 Å². The molecule has 2 rings (SSSR count). The van der Waals surface area contributed by atoms with E-state index in [2.05, 4.69) is 10.3 Å². The third kappa shape index (κ3) is 2.83. The standard InChI is InChI=1S/C10H10N2O3S/c13-9(14)3-8-6-16-10(12-8)11-4-7-1-2-15-5-7/h1-2,5-6H,3-4H2,(H,11,12)(H,13,14). The van der Waals surface area contributed by atoms with Crippen LogP contribution in [0.25, 0.3) is 0 Å². The van der Waals surface area contributed by atoms with E-state index in [0.29, 0.717) is 12.2 Å². The molecule has 84 valence electrons. The van der Waals surface area contributed by atoms with Crippen LogP contribution in [0.5, 0.6) is 0 Å². The predicted octanol–water partition coefficient (Wildman–Crippen LogP) is 1.98. The molecule has 0 atom stereocenters. The first-order chi connectivity index (χ1) is 7.74.